The summed E-state index contributed by atoms with van der Waals surface area (Å²) in [7, 11) is 0. The van der Waals surface area contributed by atoms with Crippen LogP contribution >= 0.6 is 11.6 Å². The largest absolute Gasteiger partial charge is 0.391 e. The number of halogens is 1. The number of aliphatic hydroxyl groups is 1. The lowest BCUT2D eigenvalue weighted by Crippen LogP contribution is -2.38. The van der Waals surface area contributed by atoms with Crippen LogP contribution in [0.5, 0.6) is 0 Å². The molecule has 0 aliphatic carbocycles. The Kier molecular flexibility index (Phi) is 6.10. The van der Waals surface area contributed by atoms with Crippen LogP contribution in [-0.4, -0.2) is 22.2 Å². The molecule has 0 saturated heterocycles. The van der Waals surface area contributed by atoms with E-state index in [0.29, 0.717) is 13.0 Å². The Morgan fingerprint density at radius 2 is 1.91 bits per heavy atom. The summed E-state index contributed by atoms with van der Waals surface area (Å²) in [5, 5.41) is 24.4. The fraction of sp³-hybridized carbons (Fsp3) is 0.294. The van der Waals surface area contributed by atoms with Gasteiger partial charge in [0.2, 0.25) is 0 Å². The smallest absolute Gasteiger partial charge is 0.288 e. The van der Waals surface area contributed by atoms with E-state index in [-0.39, 0.29) is 16.8 Å². The Morgan fingerprint density at radius 3 is 2.57 bits per heavy atom. The van der Waals surface area contributed by atoms with Crippen molar-refractivity contribution in [2.45, 2.75) is 32.0 Å². The lowest BCUT2D eigenvalue weighted by Gasteiger charge is -2.20. The van der Waals surface area contributed by atoms with Crippen molar-refractivity contribution in [2.75, 3.05) is 0 Å². The number of hydrogen-bond donors (Lipinski definition) is 2. The number of benzene rings is 2. The predicted octanol–water partition coefficient (Wildman–Crippen LogP) is 3.33. The van der Waals surface area contributed by atoms with E-state index >= 15 is 0 Å². The standard InChI is InChI=1S/C17H19ClN2O3/c1-12(17(21)10-13-5-3-2-4-6-13)19-11-14-7-8-15(18)16(9-14)20(22)23/h2-9,12,17,19,21H,10-11H2,1H3. The second-order valence-corrected chi connectivity index (χ2v) is 5.88. The zero-order valence-electron chi connectivity index (χ0n) is 12.8. The number of rotatable bonds is 7. The summed E-state index contributed by atoms with van der Waals surface area (Å²) >= 11 is 5.79. The summed E-state index contributed by atoms with van der Waals surface area (Å²) in [4.78, 5) is 10.4. The van der Waals surface area contributed by atoms with E-state index in [1.807, 2.05) is 37.3 Å². The maximum Gasteiger partial charge on any atom is 0.288 e. The fourth-order valence-corrected chi connectivity index (χ4v) is 2.44. The number of nitro groups is 1. The summed E-state index contributed by atoms with van der Waals surface area (Å²) in [6, 6.07) is 14.3. The average Bonchev–Trinajstić information content (AvgIpc) is 2.54. The predicted molar refractivity (Wildman–Crippen MR) is 90.6 cm³/mol. The van der Waals surface area contributed by atoms with Crippen molar-refractivity contribution in [3.63, 3.8) is 0 Å². The lowest BCUT2D eigenvalue weighted by atomic mass is 10.0. The van der Waals surface area contributed by atoms with Crippen LogP contribution < -0.4 is 5.32 Å². The molecule has 0 aliphatic heterocycles. The summed E-state index contributed by atoms with van der Waals surface area (Å²) in [5.41, 5.74) is 1.71. The average molecular weight is 335 g/mol. The van der Waals surface area contributed by atoms with Crippen LogP contribution in [0.4, 0.5) is 5.69 Å². The van der Waals surface area contributed by atoms with Crippen LogP contribution in [0.2, 0.25) is 5.02 Å². The molecule has 2 atom stereocenters. The molecule has 0 bridgehead atoms. The summed E-state index contributed by atoms with van der Waals surface area (Å²) in [6.45, 7) is 2.31. The minimum absolute atomic E-state index is 0.108. The molecule has 0 fully saturated rings. The summed E-state index contributed by atoms with van der Waals surface area (Å²) in [6.07, 6.45) is 0.00940. The maximum absolute atomic E-state index is 10.9. The second-order valence-electron chi connectivity index (χ2n) is 5.47. The number of aliphatic hydroxyl groups excluding tert-OH is 1. The molecule has 2 aromatic rings. The van der Waals surface area contributed by atoms with Gasteiger partial charge in [0.15, 0.2) is 0 Å². The molecule has 0 radical (unpaired) electrons. The van der Waals surface area contributed by atoms with E-state index in [9.17, 15) is 15.2 Å². The minimum Gasteiger partial charge on any atom is -0.391 e. The fourth-order valence-electron chi connectivity index (χ4n) is 2.26. The zero-order chi connectivity index (χ0) is 16.8. The molecule has 0 saturated carbocycles. The van der Waals surface area contributed by atoms with E-state index < -0.39 is 11.0 Å². The summed E-state index contributed by atoms with van der Waals surface area (Å²) in [5.74, 6) is 0. The first kappa shape index (κ1) is 17.4. The highest BCUT2D eigenvalue weighted by Gasteiger charge is 2.16. The number of nitrogens with zero attached hydrogens (tertiary/aromatic N) is 1. The van der Waals surface area contributed by atoms with Crippen molar-refractivity contribution in [1.82, 2.24) is 5.32 Å². The molecule has 0 aromatic heterocycles. The molecule has 5 nitrogen and oxygen atoms in total. The van der Waals surface area contributed by atoms with Gasteiger partial charge in [0.25, 0.3) is 5.69 Å². The quantitative estimate of drug-likeness (QED) is 0.601. The van der Waals surface area contributed by atoms with E-state index in [1.165, 1.54) is 12.1 Å². The Balaban J connectivity index is 1.92. The van der Waals surface area contributed by atoms with Crippen LogP contribution in [0.25, 0.3) is 0 Å². The Labute approximate surface area is 140 Å². The van der Waals surface area contributed by atoms with E-state index in [0.717, 1.165) is 11.1 Å². The second kappa shape index (κ2) is 8.06. The van der Waals surface area contributed by atoms with Gasteiger partial charge in [-0.25, -0.2) is 0 Å². The molecular formula is C17H19ClN2O3. The van der Waals surface area contributed by atoms with Gasteiger partial charge in [-0.15, -0.1) is 0 Å². The van der Waals surface area contributed by atoms with Crippen LogP contribution in [0, 0.1) is 10.1 Å². The minimum atomic E-state index is -0.542. The molecule has 2 N–H and O–H groups in total. The van der Waals surface area contributed by atoms with Crippen molar-refractivity contribution in [3.05, 3.63) is 74.8 Å². The summed E-state index contributed by atoms with van der Waals surface area (Å²) < 4.78 is 0. The highest BCUT2D eigenvalue weighted by Crippen LogP contribution is 2.25. The first-order chi connectivity index (χ1) is 11.0. The van der Waals surface area contributed by atoms with E-state index in [4.69, 9.17) is 11.6 Å². The Bertz CT molecular complexity index is 664. The first-order valence-electron chi connectivity index (χ1n) is 7.35. The van der Waals surface area contributed by atoms with Gasteiger partial charge in [-0.1, -0.05) is 48.0 Å². The molecule has 2 rings (SSSR count). The Hall–Kier alpha value is -1.95. The molecule has 23 heavy (non-hydrogen) atoms. The third-order valence-electron chi connectivity index (χ3n) is 3.70. The van der Waals surface area contributed by atoms with Crippen molar-refractivity contribution in [3.8, 4) is 0 Å². The van der Waals surface area contributed by atoms with Gasteiger partial charge in [0, 0.05) is 18.7 Å². The van der Waals surface area contributed by atoms with Gasteiger partial charge in [-0.05, 0) is 30.5 Å². The number of hydrogen-bond acceptors (Lipinski definition) is 4. The lowest BCUT2D eigenvalue weighted by molar-refractivity contribution is -0.384. The molecule has 0 amide bonds. The number of nitro benzene ring substituents is 1. The van der Waals surface area contributed by atoms with Crippen LogP contribution in [0.1, 0.15) is 18.1 Å². The molecule has 2 aromatic carbocycles. The van der Waals surface area contributed by atoms with Crippen molar-refractivity contribution >= 4 is 17.3 Å². The van der Waals surface area contributed by atoms with Crippen LogP contribution in [0.3, 0.4) is 0 Å². The van der Waals surface area contributed by atoms with Gasteiger partial charge in [-0.2, -0.15) is 0 Å². The van der Waals surface area contributed by atoms with Gasteiger partial charge >= 0.3 is 0 Å². The van der Waals surface area contributed by atoms with Crippen molar-refractivity contribution < 1.29 is 10.0 Å². The monoisotopic (exact) mass is 334 g/mol. The van der Waals surface area contributed by atoms with Gasteiger partial charge in [0.1, 0.15) is 5.02 Å². The topological polar surface area (TPSA) is 75.4 Å². The third kappa shape index (κ3) is 5.03. The molecule has 0 aliphatic rings. The normalized spacial score (nSPS) is 13.5. The molecular weight excluding hydrogens is 316 g/mol. The molecule has 2 unspecified atom stereocenters. The third-order valence-corrected chi connectivity index (χ3v) is 4.02. The highest BCUT2D eigenvalue weighted by molar-refractivity contribution is 6.32. The highest BCUT2D eigenvalue weighted by atomic mass is 35.5. The number of nitrogens with one attached hydrogen (secondary N) is 1. The molecule has 122 valence electrons. The van der Waals surface area contributed by atoms with Crippen molar-refractivity contribution in [2.24, 2.45) is 0 Å². The SMILES string of the molecule is CC(NCc1ccc(Cl)c([N+](=O)[O-])c1)C(O)Cc1ccccc1. The van der Waals surface area contributed by atoms with Gasteiger partial charge in [0.05, 0.1) is 11.0 Å². The van der Waals surface area contributed by atoms with E-state index in [1.54, 1.807) is 6.07 Å². The first-order valence-corrected chi connectivity index (χ1v) is 7.73. The zero-order valence-corrected chi connectivity index (χ0v) is 13.5. The van der Waals surface area contributed by atoms with Crippen LogP contribution in [0.15, 0.2) is 48.5 Å². The van der Waals surface area contributed by atoms with Crippen molar-refractivity contribution in [1.29, 1.82) is 0 Å². The maximum atomic E-state index is 10.9. The van der Waals surface area contributed by atoms with Crippen LogP contribution in [-0.2, 0) is 13.0 Å². The van der Waals surface area contributed by atoms with Gasteiger partial charge in [-0.3, -0.25) is 10.1 Å². The molecule has 0 heterocycles. The molecule has 0 spiro atoms. The van der Waals surface area contributed by atoms with E-state index in [2.05, 4.69) is 5.32 Å². The van der Waals surface area contributed by atoms with Gasteiger partial charge < -0.3 is 10.4 Å². The molecule has 6 heteroatoms. The Morgan fingerprint density at radius 1 is 1.22 bits per heavy atom.